The van der Waals surface area contributed by atoms with Gasteiger partial charge in [0.15, 0.2) is 0 Å². The van der Waals surface area contributed by atoms with E-state index in [1.165, 1.54) is 35.1 Å². The summed E-state index contributed by atoms with van der Waals surface area (Å²) in [6, 6.07) is 7.41. The van der Waals surface area contributed by atoms with Crippen molar-refractivity contribution >= 4 is 5.70 Å². The summed E-state index contributed by atoms with van der Waals surface area (Å²) in [7, 11) is 2.16. The highest BCUT2D eigenvalue weighted by atomic mass is 15.2. The maximum absolute atomic E-state index is 4.31. The predicted molar refractivity (Wildman–Crippen MR) is 98.0 cm³/mol. The monoisotopic (exact) mass is 295 g/mol. The number of nitrogens with zero attached hydrogens (tertiary/aromatic N) is 1. The van der Waals surface area contributed by atoms with Crippen LogP contribution in [0.2, 0.25) is 0 Å². The number of allylic oxidation sites excluding steroid dienone is 3. The Labute approximate surface area is 136 Å². The second kappa shape index (κ2) is 6.16. The Balaban J connectivity index is 2.38. The fraction of sp³-hybridized carbons (Fsp3) is 0.429. The molecule has 1 aliphatic rings. The molecular weight excluding hydrogens is 266 g/mol. The zero-order valence-corrected chi connectivity index (χ0v) is 14.7. The number of aryl methyl sites for hydroxylation is 1. The molecule has 0 saturated heterocycles. The molecule has 0 spiro atoms. The molecule has 1 aromatic rings. The predicted octanol–water partition coefficient (Wildman–Crippen LogP) is 5.47. The van der Waals surface area contributed by atoms with Crippen LogP contribution in [0.5, 0.6) is 0 Å². The second-order valence-electron chi connectivity index (χ2n) is 7.13. The van der Waals surface area contributed by atoms with Crippen molar-refractivity contribution in [3.63, 3.8) is 0 Å². The van der Waals surface area contributed by atoms with Gasteiger partial charge in [0, 0.05) is 24.2 Å². The molecule has 0 aliphatic heterocycles. The molecule has 1 aliphatic carbocycles. The van der Waals surface area contributed by atoms with E-state index in [2.05, 4.69) is 77.1 Å². The highest BCUT2D eigenvalue weighted by Crippen LogP contribution is 2.35. The Morgan fingerprint density at radius 3 is 2.50 bits per heavy atom. The van der Waals surface area contributed by atoms with Gasteiger partial charge in [-0.3, -0.25) is 0 Å². The zero-order valence-electron chi connectivity index (χ0n) is 14.7. The van der Waals surface area contributed by atoms with Gasteiger partial charge in [0.1, 0.15) is 0 Å². The Morgan fingerprint density at radius 2 is 1.95 bits per heavy atom. The van der Waals surface area contributed by atoms with E-state index in [1.54, 1.807) is 0 Å². The molecule has 0 bridgehead atoms. The first-order chi connectivity index (χ1) is 10.3. The van der Waals surface area contributed by atoms with E-state index in [4.69, 9.17) is 0 Å². The molecule has 1 heteroatoms. The van der Waals surface area contributed by atoms with Crippen LogP contribution in [0.4, 0.5) is 0 Å². The van der Waals surface area contributed by atoms with E-state index in [1.807, 2.05) is 6.08 Å². The molecule has 1 saturated carbocycles. The number of hydrogen-bond acceptors (Lipinski definition) is 1. The summed E-state index contributed by atoms with van der Waals surface area (Å²) in [6.07, 6.45) is 6.79. The average Bonchev–Trinajstić information content (AvgIpc) is 3.30. The summed E-state index contributed by atoms with van der Waals surface area (Å²) < 4.78 is 0. The van der Waals surface area contributed by atoms with Gasteiger partial charge in [0.2, 0.25) is 0 Å². The summed E-state index contributed by atoms with van der Waals surface area (Å²) >= 11 is 0. The lowest BCUT2D eigenvalue weighted by atomic mass is 9.79. The topological polar surface area (TPSA) is 3.24 Å². The zero-order chi connectivity index (χ0) is 16.5. The largest absolute Gasteiger partial charge is 0.372 e. The van der Waals surface area contributed by atoms with Crippen LogP contribution < -0.4 is 0 Å². The third-order valence-electron chi connectivity index (χ3n) is 4.70. The molecule has 2 rings (SSSR count). The smallest absolute Gasteiger partial charge is 0.0366 e. The van der Waals surface area contributed by atoms with Crippen LogP contribution in [0.25, 0.3) is 5.70 Å². The highest BCUT2D eigenvalue weighted by molar-refractivity contribution is 5.64. The van der Waals surface area contributed by atoms with Gasteiger partial charge in [-0.1, -0.05) is 56.9 Å². The highest BCUT2D eigenvalue weighted by Gasteiger charge is 2.28. The lowest BCUT2D eigenvalue weighted by Gasteiger charge is -2.27. The second-order valence-corrected chi connectivity index (χ2v) is 7.13. The van der Waals surface area contributed by atoms with Gasteiger partial charge in [0.25, 0.3) is 0 Å². The molecular formula is C21H29N. The molecule has 0 atom stereocenters. The van der Waals surface area contributed by atoms with Crippen molar-refractivity contribution in [1.29, 1.82) is 0 Å². The molecule has 0 unspecified atom stereocenters. The normalized spacial score (nSPS) is 15.6. The average molecular weight is 295 g/mol. The van der Waals surface area contributed by atoms with Crippen LogP contribution in [-0.4, -0.2) is 18.0 Å². The SMILES string of the molecule is C=C/C(C)=C\C(C)(C)c1cc(C(=C)N(C)C2CC2)ccc1C. The molecule has 1 fully saturated rings. The Bertz CT molecular complexity index is 615. The fourth-order valence-electron chi connectivity index (χ4n) is 3.09. The van der Waals surface area contributed by atoms with Crippen molar-refractivity contribution in [1.82, 2.24) is 4.90 Å². The van der Waals surface area contributed by atoms with Crippen LogP contribution in [0, 0.1) is 6.92 Å². The lowest BCUT2D eigenvalue weighted by molar-refractivity contribution is 0.471. The van der Waals surface area contributed by atoms with Crippen molar-refractivity contribution < 1.29 is 0 Å². The van der Waals surface area contributed by atoms with Gasteiger partial charge in [-0.15, -0.1) is 0 Å². The van der Waals surface area contributed by atoms with E-state index >= 15 is 0 Å². The lowest BCUT2D eigenvalue weighted by Crippen LogP contribution is -2.20. The van der Waals surface area contributed by atoms with E-state index in [0.717, 1.165) is 5.70 Å². The molecule has 118 valence electrons. The number of benzene rings is 1. The van der Waals surface area contributed by atoms with Gasteiger partial charge < -0.3 is 4.90 Å². The minimum absolute atomic E-state index is 0.0171. The molecule has 0 amide bonds. The number of hydrogen-bond donors (Lipinski definition) is 0. The Kier molecular flexibility index (Phi) is 4.65. The Hall–Kier alpha value is -1.76. The minimum atomic E-state index is -0.0171. The van der Waals surface area contributed by atoms with Crippen LogP contribution in [-0.2, 0) is 5.41 Å². The van der Waals surface area contributed by atoms with Gasteiger partial charge in [-0.05, 0) is 49.4 Å². The van der Waals surface area contributed by atoms with E-state index in [9.17, 15) is 0 Å². The maximum Gasteiger partial charge on any atom is 0.0366 e. The summed E-state index contributed by atoms with van der Waals surface area (Å²) in [6.45, 7) is 17.0. The molecule has 22 heavy (non-hydrogen) atoms. The molecule has 1 nitrogen and oxygen atoms in total. The van der Waals surface area contributed by atoms with Gasteiger partial charge in [0.05, 0.1) is 0 Å². The van der Waals surface area contributed by atoms with Crippen LogP contribution in [0.1, 0.15) is 50.3 Å². The van der Waals surface area contributed by atoms with Crippen molar-refractivity contribution in [3.8, 4) is 0 Å². The van der Waals surface area contributed by atoms with Crippen LogP contribution in [0.3, 0.4) is 0 Å². The van der Waals surface area contributed by atoms with Crippen molar-refractivity contribution in [2.24, 2.45) is 0 Å². The molecule has 1 aromatic carbocycles. The summed E-state index contributed by atoms with van der Waals surface area (Å²) in [5.41, 5.74) is 6.23. The fourth-order valence-corrected chi connectivity index (χ4v) is 3.09. The Morgan fingerprint density at radius 1 is 1.32 bits per heavy atom. The van der Waals surface area contributed by atoms with Crippen molar-refractivity contribution in [3.05, 3.63) is 65.8 Å². The third-order valence-corrected chi connectivity index (χ3v) is 4.70. The van der Waals surface area contributed by atoms with E-state index < -0.39 is 0 Å². The first kappa shape index (κ1) is 16.6. The standard InChI is InChI=1S/C21H29N/c1-8-15(2)14-21(5,6)20-13-18(10-9-16(20)3)17(4)22(7)19-11-12-19/h8-10,13-14,19H,1,4,11-12H2,2-3,5-7H3/b15-14-. The summed E-state index contributed by atoms with van der Waals surface area (Å²) in [4.78, 5) is 2.33. The van der Waals surface area contributed by atoms with Crippen molar-refractivity contribution in [2.75, 3.05) is 7.05 Å². The van der Waals surface area contributed by atoms with Crippen LogP contribution in [0.15, 0.2) is 49.1 Å². The first-order valence-corrected chi connectivity index (χ1v) is 8.11. The molecule has 0 heterocycles. The molecule has 0 aromatic heterocycles. The van der Waals surface area contributed by atoms with Crippen molar-refractivity contribution in [2.45, 2.75) is 52.0 Å². The van der Waals surface area contributed by atoms with Gasteiger partial charge >= 0.3 is 0 Å². The van der Waals surface area contributed by atoms with E-state index in [-0.39, 0.29) is 5.41 Å². The van der Waals surface area contributed by atoms with Crippen LogP contribution >= 0.6 is 0 Å². The number of rotatable bonds is 6. The molecule has 0 radical (unpaired) electrons. The quantitative estimate of drug-likeness (QED) is 0.629. The summed E-state index contributed by atoms with van der Waals surface area (Å²) in [5, 5.41) is 0. The first-order valence-electron chi connectivity index (χ1n) is 8.11. The maximum atomic E-state index is 4.31. The van der Waals surface area contributed by atoms with Gasteiger partial charge in [-0.25, -0.2) is 0 Å². The minimum Gasteiger partial charge on any atom is -0.372 e. The summed E-state index contributed by atoms with van der Waals surface area (Å²) in [5.74, 6) is 0. The van der Waals surface area contributed by atoms with Gasteiger partial charge in [-0.2, -0.15) is 0 Å². The third kappa shape index (κ3) is 3.52. The van der Waals surface area contributed by atoms with E-state index in [0.29, 0.717) is 6.04 Å². The molecule has 0 N–H and O–H groups in total.